The summed E-state index contributed by atoms with van der Waals surface area (Å²) in [6, 6.07) is 15.1. The topological polar surface area (TPSA) is 69.7 Å². The lowest BCUT2D eigenvalue weighted by Crippen LogP contribution is -2.33. The van der Waals surface area contributed by atoms with E-state index >= 15 is 0 Å². The molecule has 2 aromatic carbocycles. The third-order valence-corrected chi connectivity index (χ3v) is 6.37. The number of amides is 1. The minimum Gasteiger partial charge on any atom is -0.371 e. The second-order valence-electron chi connectivity index (χ2n) is 7.46. The zero-order valence-corrected chi connectivity index (χ0v) is 18.2. The van der Waals surface area contributed by atoms with Gasteiger partial charge in [-0.25, -0.2) is 8.42 Å². The number of nitrogens with zero attached hydrogens (tertiary/aromatic N) is 2. The lowest BCUT2D eigenvalue weighted by Gasteiger charge is -2.31. The molecule has 1 heterocycles. The van der Waals surface area contributed by atoms with Gasteiger partial charge in [-0.05, 0) is 55.2 Å². The van der Waals surface area contributed by atoms with Crippen LogP contribution >= 0.6 is 0 Å². The van der Waals surface area contributed by atoms with Crippen LogP contribution in [0, 0.1) is 0 Å². The number of hydrogen-bond acceptors (Lipinski definition) is 4. The molecule has 0 aromatic heterocycles. The highest BCUT2D eigenvalue weighted by molar-refractivity contribution is 7.92. The standard InChI is InChI=1S/C23H29N3O3S/c1-3-16-26(30(2,28)29)21-13-11-20(12-14-21)23(27)24-15-7-18-25-17-6-9-19-8-4-5-10-22(19)25/h3-5,8,10-14H,1,6-7,9,15-18H2,2H3,(H,24,27). The molecule has 0 fully saturated rings. The van der Waals surface area contributed by atoms with Crippen molar-refractivity contribution in [2.45, 2.75) is 19.3 Å². The first-order chi connectivity index (χ1) is 14.4. The molecule has 2 aromatic rings. The summed E-state index contributed by atoms with van der Waals surface area (Å²) in [6.07, 6.45) is 5.83. The monoisotopic (exact) mass is 427 g/mol. The van der Waals surface area contributed by atoms with Crippen molar-refractivity contribution in [2.24, 2.45) is 0 Å². The first-order valence-electron chi connectivity index (χ1n) is 10.2. The molecule has 0 unspecified atom stereocenters. The van der Waals surface area contributed by atoms with E-state index in [1.165, 1.54) is 21.6 Å². The van der Waals surface area contributed by atoms with Gasteiger partial charge in [-0.2, -0.15) is 0 Å². The number of rotatable bonds is 9. The fourth-order valence-corrected chi connectivity index (χ4v) is 4.63. The quantitative estimate of drug-likeness (QED) is 0.493. The molecule has 6 nitrogen and oxygen atoms in total. The van der Waals surface area contributed by atoms with Crippen LogP contribution in [-0.4, -0.2) is 46.8 Å². The Morgan fingerprint density at radius 2 is 1.93 bits per heavy atom. The van der Waals surface area contributed by atoms with Crippen molar-refractivity contribution in [1.82, 2.24) is 5.32 Å². The van der Waals surface area contributed by atoms with Crippen LogP contribution in [0.2, 0.25) is 0 Å². The Morgan fingerprint density at radius 1 is 1.20 bits per heavy atom. The summed E-state index contributed by atoms with van der Waals surface area (Å²) in [4.78, 5) is 14.8. The Morgan fingerprint density at radius 3 is 2.63 bits per heavy atom. The van der Waals surface area contributed by atoms with Gasteiger partial charge in [0.05, 0.1) is 18.5 Å². The minimum absolute atomic E-state index is 0.157. The Hall–Kier alpha value is -2.80. The van der Waals surface area contributed by atoms with E-state index in [1.807, 2.05) is 0 Å². The highest BCUT2D eigenvalue weighted by Gasteiger charge is 2.17. The number of nitrogens with one attached hydrogen (secondary N) is 1. The van der Waals surface area contributed by atoms with Gasteiger partial charge < -0.3 is 10.2 Å². The summed E-state index contributed by atoms with van der Waals surface area (Å²) >= 11 is 0. The predicted molar refractivity (Wildman–Crippen MR) is 123 cm³/mol. The first kappa shape index (κ1) is 21.9. The van der Waals surface area contributed by atoms with Crippen molar-refractivity contribution >= 4 is 27.3 Å². The number of para-hydroxylation sites is 1. The van der Waals surface area contributed by atoms with Gasteiger partial charge in [-0.15, -0.1) is 6.58 Å². The summed E-state index contributed by atoms with van der Waals surface area (Å²) in [6.45, 7) is 6.33. The summed E-state index contributed by atoms with van der Waals surface area (Å²) in [7, 11) is -3.41. The van der Waals surface area contributed by atoms with Crippen LogP contribution in [-0.2, 0) is 16.4 Å². The van der Waals surface area contributed by atoms with Gasteiger partial charge in [0.25, 0.3) is 5.91 Å². The van der Waals surface area contributed by atoms with Crippen LogP contribution in [0.15, 0.2) is 61.2 Å². The second kappa shape index (κ2) is 9.80. The normalized spacial score (nSPS) is 13.4. The lowest BCUT2D eigenvalue weighted by molar-refractivity contribution is 0.0953. The van der Waals surface area contributed by atoms with Crippen LogP contribution in [0.4, 0.5) is 11.4 Å². The number of anilines is 2. The highest BCUT2D eigenvalue weighted by atomic mass is 32.2. The average Bonchev–Trinajstić information content (AvgIpc) is 2.74. The summed E-state index contributed by atoms with van der Waals surface area (Å²) in [5.41, 5.74) is 3.72. The Labute approximate surface area is 179 Å². The lowest BCUT2D eigenvalue weighted by atomic mass is 10.0. The van der Waals surface area contributed by atoms with Crippen molar-refractivity contribution < 1.29 is 13.2 Å². The predicted octanol–water partition coefficient (Wildman–Crippen LogP) is 3.21. The van der Waals surface area contributed by atoms with Crippen molar-refractivity contribution in [3.63, 3.8) is 0 Å². The number of aryl methyl sites for hydroxylation is 1. The third kappa shape index (κ3) is 5.42. The highest BCUT2D eigenvalue weighted by Crippen LogP contribution is 2.26. The van der Waals surface area contributed by atoms with Crippen molar-refractivity contribution in [3.05, 3.63) is 72.3 Å². The smallest absolute Gasteiger partial charge is 0.251 e. The van der Waals surface area contributed by atoms with E-state index in [2.05, 4.69) is 41.1 Å². The molecule has 0 saturated heterocycles. The van der Waals surface area contributed by atoms with Crippen molar-refractivity contribution in [1.29, 1.82) is 0 Å². The van der Waals surface area contributed by atoms with Crippen LogP contribution in [0.5, 0.6) is 0 Å². The maximum atomic E-state index is 12.4. The zero-order valence-electron chi connectivity index (χ0n) is 17.4. The average molecular weight is 428 g/mol. The van der Waals surface area contributed by atoms with E-state index < -0.39 is 10.0 Å². The van der Waals surface area contributed by atoms with Crippen LogP contribution < -0.4 is 14.5 Å². The molecule has 0 saturated carbocycles. The largest absolute Gasteiger partial charge is 0.371 e. The number of sulfonamides is 1. The molecule has 160 valence electrons. The number of carbonyl (C=O) groups excluding carboxylic acids is 1. The van der Waals surface area contributed by atoms with Gasteiger partial charge >= 0.3 is 0 Å². The van der Waals surface area contributed by atoms with Crippen LogP contribution in [0.25, 0.3) is 0 Å². The van der Waals surface area contributed by atoms with Crippen molar-refractivity contribution in [3.8, 4) is 0 Å². The molecular formula is C23H29N3O3S. The third-order valence-electron chi connectivity index (χ3n) is 5.21. The van der Waals surface area contributed by atoms with Crippen LogP contribution in [0.3, 0.4) is 0 Å². The molecule has 7 heteroatoms. The maximum absolute atomic E-state index is 12.4. The van der Waals surface area contributed by atoms with E-state index in [0.29, 0.717) is 17.8 Å². The molecule has 3 rings (SSSR count). The fourth-order valence-electron chi connectivity index (χ4n) is 3.75. The molecule has 0 spiro atoms. The second-order valence-corrected chi connectivity index (χ2v) is 9.37. The molecule has 1 aliphatic heterocycles. The molecule has 0 bridgehead atoms. The van der Waals surface area contributed by atoms with E-state index in [0.717, 1.165) is 38.6 Å². The Balaban J connectivity index is 1.52. The molecule has 0 aliphatic carbocycles. The number of benzene rings is 2. The summed E-state index contributed by atoms with van der Waals surface area (Å²) < 4.78 is 25.1. The number of fused-ring (bicyclic) bond motifs is 1. The number of carbonyl (C=O) groups is 1. The van der Waals surface area contributed by atoms with E-state index in [4.69, 9.17) is 0 Å². The van der Waals surface area contributed by atoms with E-state index in [-0.39, 0.29) is 12.5 Å². The molecule has 30 heavy (non-hydrogen) atoms. The zero-order chi connectivity index (χ0) is 21.6. The van der Waals surface area contributed by atoms with Gasteiger partial charge in [-0.1, -0.05) is 24.3 Å². The van der Waals surface area contributed by atoms with Gasteiger partial charge in [0.2, 0.25) is 10.0 Å². The Bertz CT molecular complexity index is 987. The van der Waals surface area contributed by atoms with Gasteiger partial charge in [0, 0.05) is 30.9 Å². The Kier molecular flexibility index (Phi) is 7.15. The van der Waals surface area contributed by atoms with Gasteiger partial charge in [0.1, 0.15) is 0 Å². The van der Waals surface area contributed by atoms with Crippen LogP contribution in [0.1, 0.15) is 28.8 Å². The van der Waals surface area contributed by atoms with E-state index in [9.17, 15) is 13.2 Å². The maximum Gasteiger partial charge on any atom is 0.251 e. The molecule has 1 aliphatic rings. The van der Waals surface area contributed by atoms with Gasteiger partial charge in [0.15, 0.2) is 0 Å². The molecule has 0 radical (unpaired) electrons. The SMILES string of the molecule is C=CCN(c1ccc(C(=O)NCCCN2CCCc3ccccc32)cc1)S(C)(=O)=O. The van der Waals surface area contributed by atoms with E-state index in [1.54, 1.807) is 24.3 Å². The first-order valence-corrected chi connectivity index (χ1v) is 12.0. The number of hydrogen-bond donors (Lipinski definition) is 1. The summed E-state index contributed by atoms with van der Waals surface area (Å²) in [5, 5.41) is 2.95. The molecule has 1 amide bonds. The molecular weight excluding hydrogens is 398 g/mol. The fraction of sp³-hybridized carbons (Fsp3) is 0.348. The van der Waals surface area contributed by atoms with Gasteiger partial charge in [-0.3, -0.25) is 9.10 Å². The molecule has 0 atom stereocenters. The summed E-state index contributed by atoms with van der Waals surface area (Å²) in [5.74, 6) is -0.157. The minimum atomic E-state index is -3.41. The van der Waals surface area contributed by atoms with Crippen molar-refractivity contribution in [2.75, 3.05) is 41.6 Å². The molecule has 1 N–H and O–H groups in total.